The van der Waals surface area contributed by atoms with Gasteiger partial charge in [0.2, 0.25) is 5.91 Å². The molecule has 2 rings (SSSR count). The zero-order chi connectivity index (χ0) is 22.7. The summed E-state index contributed by atoms with van der Waals surface area (Å²) in [6.45, 7) is -5.97. The summed E-state index contributed by atoms with van der Waals surface area (Å²) >= 11 is 0. The van der Waals surface area contributed by atoms with E-state index in [4.69, 9.17) is 9.60 Å². The van der Waals surface area contributed by atoms with Gasteiger partial charge in [0.05, 0.1) is 0 Å². The zero-order valence-electron chi connectivity index (χ0n) is 19.9. The molecule has 1 aliphatic rings. The van der Waals surface area contributed by atoms with Gasteiger partial charge in [0, 0.05) is 21.9 Å². The van der Waals surface area contributed by atoms with Gasteiger partial charge in [0.1, 0.15) is 6.04 Å². The first-order valence-electron chi connectivity index (χ1n) is 11.3. The Morgan fingerprint density at radius 2 is 1.91 bits per heavy atom. The van der Waals surface area contributed by atoms with Gasteiger partial charge in [-0.3, -0.25) is 4.79 Å². The highest BCUT2D eigenvalue weighted by molar-refractivity contribution is 5.85. The standard InChI is InChI=1S/C19H27NO3/c1-13(2)15-8-10-16(11-9-15)18(21)20-17(19(22)23)12-14-6-4-3-5-7-14/h3-7,13,15-17H,8-12H2,1-2H3,(H,20,21)(H,22,23)/t15-,16-,17-/m1/s1/i1D3,2D3,13D. The van der Waals surface area contributed by atoms with Crippen molar-refractivity contribution in [2.24, 2.45) is 17.7 Å². The number of aliphatic carboxylic acids is 1. The lowest BCUT2D eigenvalue weighted by Crippen LogP contribution is -2.45. The third kappa shape index (κ3) is 5.08. The summed E-state index contributed by atoms with van der Waals surface area (Å²) in [6.07, 6.45) is 0.761. The highest BCUT2D eigenvalue weighted by atomic mass is 16.4. The Hall–Kier alpha value is -1.84. The van der Waals surface area contributed by atoms with Gasteiger partial charge in [-0.1, -0.05) is 44.0 Å². The van der Waals surface area contributed by atoms with Crippen LogP contribution in [0.1, 0.15) is 54.5 Å². The van der Waals surface area contributed by atoms with E-state index in [2.05, 4.69) is 5.32 Å². The molecule has 1 saturated carbocycles. The lowest BCUT2D eigenvalue weighted by Gasteiger charge is -2.30. The van der Waals surface area contributed by atoms with Crippen molar-refractivity contribution in [3.63, 3.8) is 0 Å². The first-order chi connectivity index (χ1) is 13.8. The molecule has 4 nitrogen and oxygen atoms in total. The molecule has 126 valence electrons. The van der Waals surface area contributed by atoms with Crippen molar-refractivity contribution >= 4 is 11.9 Å². The number of carboxylic acid groups (broad SMARTS) is 1. The van der Waals surface area contributed by atoms with E-state index in [1.54, 1.807) is 30.3 Å². The molecule has 1 aliphatic carbocycles. The molecule has 23 heavy (non-hydrogen) atoms. The van der Waals surface area contributed by atoms with Crippen molar-refractivity contribution in [2.45, 2.75) is 51.8 Å². The lowest BCUT2D eigenvalue weighted by atomic mass is 9.76. The Balaban J connectivity index is 2.03. The van der Waals surface area contributed by atoms with Gasteiger partial charge in [-0.05, 0) is 43.1 Å². The van der Waals surface area contributed by atoms with Crippen molar-refractivity contribution in [1.29, 1.82) is 0 Å². The van der Waals surface area contributed by atoms with Gasteiger partial charge in [-0.15, -0.1) is 0 Å². The van der Waals surface area contributed by atoms with Gasteiger partial charge < -0.3 is 10.4 Å². The van der Waals surface area contributed by atoms with E-state index < -0.39 is 49.4 Å². The largest absolute Gasteiger partial charge is 0.480 e. The molecule has 0 unspecified atom stereocenters. The van der Waals surface area contributed by atoms with Crippen molar-refractivity contribution in [1.82, 2.24) is 5.32 Å². The van der Waals surface area contributed by atoms with Crippen LogP contribution >= 0.6 is 0 Å². The second-order valence-electron chi connectivity index (χ2n) is 6.05. The monoisotopic (exact) mass is 324 g/mol. The molecule has 0 spiro atoms. The molecular weight excluding hydrogens is 290 g/mol. The van der Waals surface area contributed by atoms with Crippen LogP contribution in [0, 0.1) is 17.7 Å². The first kappa shape index (κ1) is 10.1. The highest BCUT2D eigenvalue weighted by Crippen LogP contribution is 2.33. The average molecular weight is 324 g/mol. The number of carboxylic acids is 1. The third-order valence-electron chi connectivity index (χ3n) is 4.40. The summed E-state index contributed by atoms with van der Waals surface area (Å²) in [5, 5.41) is 12.0. The van der Waals surface area contributed by atoms with Crippen LogP contribution in [-0.4, -0.2) is 23.0 Å². The maximum Gasteiger partial charge on any atom is 0.326 e. The van der Waals surface area contributed by atoms with Crippen LogP contribution in [0.4, 0.5) is 0 Å². The maximum atomic E-state index is 12.6. The van der Waals surface area contributed by atoms with Gasteiger partial charge in [0.15, 0.2) is 0 Å². The number of nitrogens with one attached hydrogen (secondary N) is 1. The summed E-state index contributed by atoms with van der Waals surface area (Å²) in [6, 6.07) is 7.80. The minimum atomic E-state index is -2.98. The third-order valence-corrected chi connectivity index (χ3v) is 4.40. The summed E-state index contributed by atoms with van der Waals surface area (Å²) in [5.41, 5.74) is 0.767. The summed E-state index contributed by atoms with van der Waals surface area (Å²) in [7, 11) is 0. The minimum absolute atomic E-state index is 0.106. The van der Waals surface area contributed by atoms with Crippen LogP contribution in [0.3, 0.4) is 0 Å². The SMILES string of the molecule is [2H]C([2H])([2H])C([2H])([C@H]1CC[C@H](C(=O)N[C@H](Cc2ccccc2)C(=O)O)CC1)C([2H])([2H])[2H]. The highest BCUT2D eigenvalue weighted by Gasteiger charge is 2.30. The predicted molar refractivity (Wildman–Crippen MR) is 90.0 cm³/mol. The predicted octanol–water partition coefficient (Wildman–Crippen LogP) is 3.26. The molecule has 0 heterocycles. The summed E-state index contributed by atoms with van der Waals surface area (Å²) < 4.78 is 53.9. The molecule has 0 bridgehead atoms. The maximum absolute atomic E-state index is 12.6. The van der Waals surface area contributed by atoms with Crippen molar-refractivity contribution in [3.05, 3.63) is 35.9 Å². The second-order valence-corrected chi connectivity index (χ2v) is 6.05. The van der Waals surface area contributed by atoms with Crippen LogP contribution < -0.4 is 5.32 Å². The number of rotatable bonds is 6. The molecule has 0 aromatic heterocycles. The van der Waals surface area contributed by atoms with Crippen LogP contribution in [0.25, 0.3) is 0 Å². The number of carbonyl (C=O) groups excluding carboxylic acids is 1. The number of hydrogen-bond donors (Lipinski definition) is 2. The van der Waals surface area contributed by atoms with Gasteiger partial charge in [0.25, 0.3) is 0 Å². The van der Waals surface area contributed by atoms with Crippen LogP contribution in [-0.2, 0) is 16.0 Å². The summed E-state index contributed by atoms with van der Waals surface area (Å²) in [5.74, 6) is -5.65. The molecule has 0 aliphatic heterocycles. The molecule has 0 saturated heterocycles. The average Bonchev–Trinajstić information content (AvgIpc) is 2.65. The molecule has 1 aromatic rings. The number of hydrogen-bond acceptors (Lipinski definition) is 2. The topological polar surface area (TPSA) is 66.4 Å². The fourth-order valence-electron chi connectivity index (χ4n) is 2.98. The molecular formula is C19H27NO3. The Bertz CT molecular complexity index is 727. The van der Waals surface area contributed by atoms with Crippen LogP contribution in [0.2, 0.25) is 0 Å². The van der Waals surface area contributed by atoms with Gasteiger partial charge >= 0.3 is 5.97 Å². The van der Waals surface area contributed by atoms with Gasteiger partial charge in [-0.2, -0.15) is 0 Å². The first-order valence-corrected chi connectivity index (χ1v) is 7.84. The normalized spacial score (nSPS) is 28.6. The van der Waals surface area contributed by atoms with E-state index in [1.165, 1.54) is 0 Å². The van der Waals surface area contributed by atoms with E-state index in [0.717, 1.165) is 5.56 Å². The zero-order valence-corrected chi connectivity index (χ0v) is 12.9. The molecule has 0 radical (unpaired) electrons. The molecule has 4 heteroatoms. The van der Waals surface area contributed by atoms with Crippen molar-refractivity contribution < 1.29 is 24.3 Å². The molecule has 1 atom stereocenters. The minimum Gasteiger partial charge on any atom is -0.480 e. The fourth-order valence-corrected chi connectivity index (χ4v) is 2.98. The molecule has 1 amide bonds. The quantitative estimate of drug-likeness (QED) is 0.844. The van der Waals surface area contributed by atoms with E-state index in [9.17, 15) is 14.7 Å². The Labute approximate surface area is 148 Å². The molecule has 1 fully saturated rings. The van der Waals surface area contributed by atoms with E-state index in [0.29, 0.717) is 0 Å². The number of carbonyl (C=O) groups is 2. The Morgan fingerprint density at radius 3 is 2.48 bits per heavy atom. The lowest BCUT2D eigenvalue weighted by molar-refractivity contribution is -0.142. The van der Waals surface area contributed by atoms with E-state index >= 15 is 0 Å². The van der Waals surface area contributed by atoms with Gasteiger partial charge in [-0.25, -0.2) is 4.79 Å². The van der Waals surface area contributed by atoms with E-state index in [-0.39, 0.29) is 32.1 Å². The number of amides is 1. The number of benzene rings is 1. The van der Waals surface area contributed by atoms with E-state index in [1.807, 2.05) is 0 Å². The van der Waals surface area contributed by atoms with Crippen LogP contribution in [0.15, 0.2) is 30.3 Å². The summed E-state index contributed by atoms with van der Waals surface area (Å²) in [4.78, 5) is 24.2. The Kier molecular flexibility index (Phi) is 3.58. The van der Waals surface area contributed by atoms with Crippen molar-refractivity contribution in [3.8, 4) is 0 Å². The molecule has 2 N–H and O–H groups in total. The smallest absolute Gasteiger partial charge is 0.326 e. The second kappa shape index (κ2) is 8.14. The molecule has 1 aromatic carbocycles. The van der Waals surface area contributed by atoms with Crippen molar-refractivity contribution in [2.75, 3.05) is 0 Å². The van der Waals surface area contributed by atoms with Crippen LogP contribution in [0.5, 0.6) is 0 Å². The Morgan fingerprint density at radius 1 is 1.26 bits per heavy atom. The fraction of sp³-hybridized carbons (Fsp3) is 0.579.